The van der Waals surface area contributed by atoms with E-state index in [0.717, 1.165) is 40.8 Å². The number of fused-ring (bicyclic) bond motifs is 3. The van der Waals surface area contributed by atoms with Crippen LogP contribution in [0.5, 0.6) is 0 Å². The fourth-order valence-electron chi connectivity index (χ4n) is 3.12. The van der Waals surface area contributed by atoms with E-state index < -0.39 is 0 Å². The van der Waals surface area contributed by atoms with Gasteiger partial charge in [-0.25, -0.2) is 9.97 Å². The van der Waals surface area contributed by atoms with Crippen LogP contribution in [0.3, 0.4) is 0 Å². The van der Waals surface area contributed by atoms with Crippen molar-refractivity contribution in [1.29, 1.82) is 0 Å². The molecule has 114 valence electrons. The van der Waals surface area contributed by atoms with Crippen molar-refractivity contribution < 1.29 is 4.74 Å². The molecular weight excluding hydrogens is 278 g/mol. The Labute approximate surface area is 128 Å². The third kappa shape index (κ3) is 2.12. The SMILES string of the molecule is Cc1ccc2c(c1)[nH]c1ncnc(N3CCOC(CN)C3)c12. The maximum Gasteiger partial charge on any atom is 0.143 e. The fourth-order valence-corrected chi connectivity index (χ4v) is 3.12. The Bertz CT molecular complexity index is 828. The van der Waals surface area contributed by atoms with Crippen molar-refractivity contribution in [3.05, 3.63) is 30.1 Å². The molecule has 22 heavy (non-hydrogen) atoms. The van der Waals surface area contributed by atoms with Gasteiger partial charge in [0.15, 0.2) is 0 Å². The summed E-state index contributed by atoms with van der Waals surface area (Å²) in [5, 5.41) is 2.24. The lowest BCUT2D eigenvalue weighted by molar-refractivity contribution is 0.0464. The van der Waals surface area contributed by atoms with Crippen molar-refractivity contribution in [3.63, 3.8) is 0 Å². The van der Waals surface area contributed by atoms with Gasteiger partial charge < -0.3 is 20.4 Å². The van der Waals surface area contributed by atoms with Crippen LogP contribution in [0.2, 0.25) is 0 Å². The van der Waals surface area contributed by atoms with E-state index in [4.69, 9.17) is 10.5 Å². The fraction of sp³-hybridized carbons (Fsp3) is 0.375. The minimum absolute atomic E-state index is 0.0613. The van der Waals surface area contributed by atoms with E-state index in [0.29, 0.717) is 13.2 Å². The summed E-state index contributed by atoms with van der Waals surface area (Å²) in [6.07, 6.45) is 1.68. The number of rotatable bonds is 2. The lowest BCUT2D eigenvalue weighted by atomic mass is 10.1. The summed E-state index contributed by atoms with van der Waals surface area (Å²) in [4.78, 5) is 14.6. The first-order valence-corrected chi connectivity index (χ1v) is 7.56. The van der Waals surface area contributed by atoms with Gasteiger partial charge in [0, 0.05) is 30.5 Å². The molecule has 1 saturated heterocycles. The van der Waals surface area contributed by atoms with E-state index >= 15 is 0 Å². The van der Waals surface area contributed by atoms with E-state index in [2.05, 4.69) is 45.0 Å². The van der Waals surface area contributed by atoms with Crippen molar-refractivity contribution in [3.8, 4) is 0 Å². The smallest absolute Gasteiger partial charge is 0.143 e. The van der Waals surface area contributed by atoms with Crippen LogP contribution in [0.25, 0.3) is 21.9 Å². The molecule has 3 N–H and O–H groups in total. The highest BCUT2D eigenvalue weighted by Crippen LogP contribution is 2.32. The standard InChI is InChI=1S/C16H19N5O/c1-10-2-3-12-13(6-10)20-15-14(12)16(19-9-18-15)21-4-5-22-11(7-17)8-21/h2-3,6,9,11H,4-5,7-8,17H2,1H3,(H,18,19,20). The van der Waals surface area contributed by atoms with Crippen LogP contribution < -0.4 is 10.6 Å². The molecule has 4 rings (SSSR count). The molecule has 1 aromatic carbocycles. The predicted molar refractivity (Wildman–Crippen MR) is 87.1 cm³/mol. The number of aromatic nitrogens is 3. The zero-order chi connectivity index (χ0) is 15.1. The van der Waals surface area contributed by atoms with E-state index in [1.807, 2.05) is 0 Å². The minimum Gasteiger partial charge on any atom is -0.373 e. The minimum atomic E-state index is 0.0613. The number of H-pyrrole nitrogens is 1. The van der Waals surface area contributed by atoms with Crippen LogP contribution in [0.15, 0.2) is 24.5 Å². The summed E-state index contributed by atoms with van der Waals surface area (Å²) in [5.41, 5.74) is 8.95. The van der Waals surface area contributed by atoms with Gasteiger partial charge in [-0.3, -0.25) is 0 Å². The van der Waals surface area contributed by atoms with Crippen LogP contribution in [0.1, 0.15) is 5.56 Å². The average molecular weight is 297 g/mol. The number of aromatic amines is 1. The van der Waals surface area contributed by atoms with Crippen molar-refractivity contribution in [1.82, 2.24) is 15.0 Å². The van der Waals surface area contributed by atoms with Crippen LogP contribution >= 0.6 is 0 Å². The molecule has 1 fully saturated rings. The lowest BCUT2D eigenvalue weighted by Gasteiger charge is -2.33. The molecule has 3 aromatic rings. The summed E-state index contributed by atoms with van der Waals surface area (Å²) in [7, 11) is 0. The first-order valence-electron chi connectivity index (χ1n) is 7.56. The number of ether oxygens (including phenoxy) is 1. The molecular formula is C16H19N5O. The van der Waals surface area contributed by atoms with Crippen LogP contribution in [-0.2, 0) is 4.74 Å². The van der Waals surface area contributed by atoms with Gasteiger partial charge in [-0.05, 0) is 18.6 Å². The number of nitrogens with one attached hydrogen (secondary N) is 1. The number of hydrogen-bond acceptors (Lipinski definition) is 5. The van der Waals surface area contributed by atoms with Crippen LogP contribution in [-0.4, -0.2) is 47.3 Å². The Hall–Kier alpha value is -2.18. The number of nitrogens with zero attached hydrogens (tertiary/aromatic N) is 3. The third-order valence-corrected chi connectivity index (χ3v) is 4.23. The maximum absolute atomic E-state index is 5.75. The van der Waals surface area contributed by atoms with Crippen molar-refractivity contribution in [2.24, 2.45) is 5.73 Å². The van der Waals surface area contributed by atoms with Gasteiger partial charge in [0.25, 0.3) is 0 Å². The molecule has 0 saturated carbocycles. The summed E-state index contributed by atoms with van der Waals surface area (Å²) >= 11 is 0. The number of hydrogen-bond donors (Lipinski definition) is 2. The Morgan fingerprint density at radius 3 is 3.18 bits per heavy atom. The predicted octanol–water partition coefficient (Wildman–Crippen LogP) is 1.58. The zero-order valence-electron chi connectivity index (χ0n) is 12.5. The van der Waals surface area contributed by atoms with Gasteiger partial charge in [-0.1, -0.05) is 12.1 Å². The first kappa shape index (κ1) is 13.5. The molecule has 3 heterocycles. The Kier molecular flexibility index (Phi) is 3.20. The van der Waals surface area contributed by atoms with E-state index in [-0.39, 0.29) is 6.10 Å². The second-order valence-corrected chi connectivity index (χ2v) is 5.77. The van der Waals surface area contributed by atoms with Crippen molar-refractivity contribution >= 4 is 27.8 Å². The number of aryl methyl sites for hydroxylation is 1. The Balaban J connectivity index is 1.88. The van der Waals surface area contributed by atoms with Gasteiger partial charge in [0.2, 0.25) is 0 Å². The van der Waals surface area contributed by atoms with Crippen LogP contribution in [0, 0.1) is 6.92 Å². The Morgan fingerprint density at radius 1 is 1.41 bits per heavy atom. The summed E-state index contributed by atoms with van der Waals surface area (Å²) in [5.74, 6) is 0.960. The molecule has 0 spiro atoms. The van der Waals surface area contributed by atoms with E-state index in [9.17, 15) is 0 Å². The monoisotopic (exact) mass is 297 g/mol. The maximum atomic E-state index is 5.75. The molecule has 0 radical (unpaired) electrons. The molecule has 1 unspecified atom stereocenters. The van der Waals surface area contributed by atoms with Gasteiger partial charge >= 0.3 is 0 Å². The second kappa shape index (κ2) is 5.23. The topological polar surface area (TPSA) is 80.1 Å². The van der Waals surface area contributed by atoms with Crippen molar-refractivity contribution in [2.45, 2.75) is 13.0 Å². The number of nitrogens with two attached hydrogens (primary N) is 1. The summed E-state index contributed by atoms with van der Waals surface area (Å²) < 4.78 is 5.66. The molecule has 0 bridgehead atoms. The highest BCUT2D eigenvalue weighted by atomic mass is 16.5. The molecule has 1 aliphatic heterocycles. The summed E-state index contributed by atoms with van der Waals surface area (Å²) in [6, 6.07) is 6.40. The van der Waals surface area contributed by atoms with Crippen molar-refractivity contribution in [2.75, 3.05) is 31.1 Å². The highest BCUT2D eigenvalue weighted by Gasteiger charge is 2.23. The highest BCUT2D eigenvalue weighted by molar-refractivity contribution is 6.11. The van der Waals surface area contributed by atoms with Crippen LogP contribution in [0.4, 0.5) is 5.82 Å². The second-order valence-electron chi connectivity index (χ2n) is 5.77. The molecule has 1 atom stereocenters. The molecule has 1 aliphatic rings. The van der Waals surface area contributed by atoms with Gasteiger partial charge in [0.1, 0.15) is 17.8 Å². The normalized spacial score (nSPS) is 19.2. The van der Waals surface area contributed by atoms with E-state index in [1.165, 1.54) is 5.56 Å². The number of anilines is 1. The number of benzene rings is 1. The summed E-state index contributed by atoms with van der Waals surface area (Å²) in [6.45, 7) is 4.88. The zero-order valence-corrected chi connectivity index (χ0v) is 12.5. The molecule has 0 amide bonds. The molecule has 6 nitrogen and oxygen atoms in total. The Morgan fingerprint density at radius 2 is 2.32 bits per heavy atom. The van der Waals surface area contributed by atoms with E-state index in [1.54, 1.807) is 6.33 Å². The third-order valence-electron chi connectivity index (χ3n) is 4.23. The van der Waals surface area contributed by atoms with Gasteiger partial charge in [0.05, 0.1) is 18.1 Å². The molecule has 0 aliphatic carbocycles. The lowest BCUT2D eigenvalue weighted by Crippen LogP contribution is -2.46. The largest absolute Gasteiger partial charge is 0.373 e. The molecule has 2 aromatic heterocycles. The number of morpholine rings is 1. The van der Waals surface area contributed by atoms with Gasteiger partial charge in [-0.15, -0.1) is 0 Å². The molecule has 6 heteroatoms. The quantitative estimate of drug-likeness (QED) is 0.751. The average Bonchev–Trinajstić information content (AvgIpc) is 2.92. The first-order chi connectivity index (χ1) is 10.8. The van der Waals surface area contributed by atoms with Gasteiger partial charge in [-0.2, -0.15) is 0 Å².